The summed E-state index contributed by atoms with van der Waals surface area (Å²) in [5, 5.41) is 15.8. The van der Waals surface area contributed by atoms with Crippen LogP contribution in [0.15, 0.2) is 24.3 Å². The third-order valence-corrected chi connectivity index (χ3v) is 2.38. The van der Waals surface area contributed by atoms with Gasteiger partial charge in [0.05, 0.1) is 4.92 Å². The van der Waals surface area contributed by atoms with Gasteiger partial charge in [-0.05, 0) is 12.5 Å². The molecule has 0 bridgehead atoms. The Labute approximate surface area is 106 Å². The summed E-state index contributed by atoms with van der Waals surface area (Å²) in [5.41, 5.74) is 0.371. The van der Waals surface area contributed by atoms with Crippen molar-refractivity contribution in [2.45, 2.75) is 26.2 Å². The van der Waals surface area contributed by atoms with E-state index in [-0.39, 0.29) is 11.7 Å². The number of carbonyl (C=O) groups excluding carboxylic acids is 1. The Morgan fingerprint density at radius 3 is 2.83 bits per heavy atom. The fourth-order valence-corrected chi connectivity index (χ4v) is 1.45. The molecule has 0 fully saturated rings. The fourth-order valence-electron chi connectivity index (χ4n) is 1.45. The molecule has 98 valence electrons. The zero-order valence-electron chi connectivity index (χ0n) is 10.3. The molecule has 1 aromatic carbocycles. The summed E-state index contributed by atoms with van der Waals surface area (Å²) in [6, 6.07) is 5.51. The van der Waals surface area contributed by atoms with E-state index < -0.39 is 4.92 Å². The lowest BCUT2D eigenvalue weighted by Crippen LogP contribution is -2.29. The van der Waals surface area contributed by atoms with Crippen molar-refractivity contribution in [3.05, 3.63) is 34.4 Å². The minimum Gasteiger partial charge on any atom is -0.338 e. The van der Waals surface area contributed by atoms with Gasteiger partial charge < -0.3 is 10.6 Å². The molecule has 2 amide bonds. The first kappa shape index (κ1) is 14.0. The van der Waals surface area contributed by atoms with Crippen molar-refractivity contribution < 1.29 is 9.72 Å². The lowest BCUT2D eigenvalue weighted by molar-refractivity contribution is -0.384. The Balaban J connectivity index is 2.44. The summed E-state index contributed by atoms with van der Waals surface area (Å²) in [5.74, 6) is 0. The van der Waals surface area contributed by atoms with E-state index in [1.807, 2.05) is 0 Å². The normalized spacial score (nSPS) is 9.83. The molecule has 0 saturated carbocycles. The number of nitro benzene ring substituents is 1. The van der Waals surface area contributed by atoms with Crippen molar-refractivity contribution in [2.75, 3.05) is 11.9 Å². The molecule has 0 saturated heterocycles. The number of hydrogen-bond acceptors (Lipinski definition) is 3. The molecule has 0 aromatic heterocycles. The number of amides is 2. The van der Waals surface area contributed by atoms with Crippen molar-refractivity contribution in [3.8, 4) is 0 Å². The molecule has 1 aromatic rings. The maximum atomic E-state index is 11.5. The van der Waals surface area contributed by atoms with Crippen LogP contribution in [0.25, 0.3) is 0 Å². The molecule has 2 N–H and O–H groups in total. The molecule has 0 spiro atoms. The van der Waals surface area contributed by atoms with Gasteiger partial charge in [0.15, 0.2) is 0 Å². The molecule has 0 aliphatic rings. The van der Waals surface area contributed by atoms with Crippen LogP contribution in [0.4, 0.5) is 16.2 Å². The maximum Gasteiger partial charge on any atom is 0.319 e. The van der Waals surface area contributed by atoms with Crippen LogP contribution in [-0.2, 0) is 0 Å². The van der Waals surface area contributed by atoms with Gasteiger partial charge in [-0.3, -0.25) is 10.1 Å². The molecule has 6 heteroatoms. The van der Waals surface area contributed by atoms with Crippen LogP contribution < -0.4 is 10.6 Å². The molecule has 0 unspecified atom stereocenters. The minimum absolute atomic E-state index is 0.0428. The Hall–Kier alpha value is -2.11. The molecule has 1 rings (SSSR count). The first-order valence-corrected chi connectivity index (χ1v) is 5.92. The third kappa shape index (κ3) is 4.82. The number of benzene rings is 1. The van der Waals surface area contributed by atoms with Crippen molar-refractivity contribution >= 4 is 17.4 Å². The third-order valence-electron chi connectivity index (χ3n) is 2.38. The highest BCUT2D eigenvalue weighted by atomic mass is 16.6. The van der Waals surface area contributed by atoms with E-state index in [2.05, 4.69) is 17.6 Å². The summed E-state index contributed by atoms with van der Waals surface area (Å²) in [6.07, 6.45) is 3.09. The van der Waals surface area contributed by atoms with E-state index >= 15 is 0 Å². The van der Waals surface area contributed by atoms with Gasteiger partial charge >= 0.3 is 6.03 Å². The highest BCUT2D eigenvalue weighted by molar-refractivity contribution is 5.89. The summed E-state index contributed by atoms with van der Waals surface area (Å²) in [4.78, 5) is 21.5. The first-order chi connectivity index (χ1) is 8.63. The van der Waals surface area contributed by atoms with Crippen molar-refractivity contribution in [1.29, 1.82) is 0 Å². The number of non-ortho nitro benzene ring substituents is 1. The largest absolute Gasteiger partial charge is 0.338 e. The average molecular weight is 251 g/mol. The Bertz CT molecular complexity index is 421. The SMILES string of the molecule is CCCCCNC(=O)Nc1cccc([N+](=O)[O-])c1. The van der Waals surface area contributed by atoms with Gasteiger partial charge in [0.2, 0.25) is 0 Å². The van der Waals surface area contributed by atoms with Crippen LogP contribution in [0.3, 0.4) is 0 Å². The van der Waals surface area contributed by atoms with Crippen molar-refractivity contribution in [1.82, 2.24) is 5.32 Å². The van der Waals surface area contributed by atoms with E-state index in [4.69, 9.17) is 0 Å². The van der Waals surface area contributed by atoms with Crippen LogP contribution in [0.1, 0.15) is 26.2 Å². The van der Waals surface area contributed by atoms with Crippen molar-refractivity contribution in [3.63, 3.8) is 0 Å². The van der Waals surface area contributed by atoms with Crippen LogP contribution in [0.5, 0.6) is 0 Å². The summed E-state index contributed by atoms with van der Waals surface area (Å²) in [7, 11) is 0. The van der Waals surface area contributed by atoms with Gasteiger partial charge in [0.1, 0.15) is 0 Å². The number of carbonyl (C=O) groups is 1. The number of unbranched alkanes of at least 4 members (excludes halogenated alkanes) is 2. The standard InChI is InChI=1S/C12H17N3O3/c1-2-3-4-8-13-12(16)14-10-6-5-7-11(9-10)15(17)18/h5-7,9H,2-4,8H2,1H3,(H2,13,14,16). The maximum absolute atomic E-state index is 11.5. The monoisotopic (exact) mass is 251 g/mol. The van der Waals surface area contributed by atoms with Crippen LogP contribution in [-0.4, -0.2) is 17.5 Å². The second-order valence-corrected chi connectivity index (χ2v) is 3.90. The second-order valence-electron chi connectivity index (χ2n) is 3.90. The predicted octanol–water partition coefficient (Wildman–Crippen LogP) is 2.91. The van der Waals surface area contributed by atoms with Gasteiger partial charge in [-0.2, -0.15) is 0 Å². The van der Waals surface area contributed by atoms with Gasteiger partial charge in [0, 0.05) is 24.4 Å². The van der Waals surface area contributed by atoms with Crippen LogP contribution in [0.2, 0.25) is 0 Å². The number of rotatable bonds is 6. The highest BCUT2D eigenvalue weighted by Crippen LogP contribution is 2.16. The zero-order chi connectivity index (χ0) is 13.4. The van der Waals surface area contributed by atoms with Crippen LogP contribution in [0, 0.1) is 10.1 Å². The Morgan fingerprint density at radius 1 is 1.39 bits per heavy atom. The molecular weight excluding hydrogens is 234 g/mol. The number of nitrogens with zero attached hydrogens (tertiary/aromatic N) is 1. The van der Waals surface area contributed by atoms with Gasteiger partial charge in [0.25, 0.3) is 5.69 Å². The predicted molar refractivity (Wildman–Crippen MR) is 69.6 cm³/mol. The molecule has 0 radical (unpaired) electrons. The number of nitrogens with one attached hydrogen (secondary N) is 2. The second kappa shape index (κ2) is 7.26. The molecular formula is C12H17N3O3. The van der Waals surface area contributed by atoms with Crippen molar-refractivity contribution in [2.24, 2.45) is 0 Å². The van der Waals surface area contributed by atoms with E-state index in [0.29, 0.717) is 12.2 Å². The zero-order valence-corrected chi connectivity index (χ0v) is 10.3. The quantitative estimate of drug-likeness (QED) is 0.463. The highest BCUT2D eigenvalue weighted by Gasteiger charge is 2.07. The lowest BCUT2D eigenvalue weighted by atomic mass is 10.2. The molecule has 0 aliphatic carbocycles. The average Bonchev–Trinajstić information content (AvgIpc) is 2.35. The summed E-state index contributed by atoms with van der Waals surface area (Å²) < 4.78 is 0. The topological polar surface area (TPSA) is 84.3 Å². The molecule has 18 heavy (non-hydrogen) atoms. The Morgan fingerprint density at radius 2 is 2.17 bits per heavy atom. The van der Waals surface area contributed by atoms with E-state index in [1.165, 1.54) is 18.2 Å². The molecule has 0 heterocycles. The molecule has 0 aliphatic heterocycles. The minimum atomic E-state index is -0.496. The number of nitro groups is 1. The fraction of sp³-hybridized carbons (Fsp3) is 0.417. The number of hydrogen-bond donors (Lipinski definition) is 2. The molecule has 6 nitrogen and oxygen atoms in total. The smallest absolute Gasteiger partial charge is 0.319 e. The van der Waals surface area contributed by atoms with E-state index in [0.717, 1.165) is 19.3 Å². The lowest BCUT2D eigenvalue weighted by Gasteiger charge is -2.06. The Kier molecular flexibility index (Phi) is 5.63. The van der Waals surface area contributed by atoms with Gasteiger partial charge in [-0.15, -0.1) is 0 Å². The first-order valence-electron chi connectivity index (χ1n) is 5.92. The van der Waals surface area contributed by atoms with Gasteiger partial charge in [-0.1, -0.05) is 25.8 Å². The van der Waals surface area contributed by atoms with E-state index in [9.17, 15) is 14.9 Å². The van der Waals surface area contributed by atoms with Gasteiger partial charge in [-0.25, -0.2) is 4.79 Å². The number of anilines is 1. The van der Waals surface area contributed by atoms with Crippen LogP contribution >= 0.6 is 0 Å². The summed E-state index contributed by atoms with van der Waals surface area (Å²) >= 11 is 0. The van der Waals surface area contributed by atoms with E-state index in [1.54, 1.807) is 6.07 Å². The molecule has 0 atom stereocenters. The number of urea groups is 1. The summed E-state index contributed by atoms with van der Waals surface area (Å²) in [6.45, 7) is 2.69.